The average Bonchev–Trinajstić information content (AvgIpc) is 2.47. The third-order valence-electron chi connectivity index (χ3n) is 3.74. The van der Waals surface area contributed by atoms with Gasteiger partial charge in [-0.15, -0.1) is 0 Å². The lowest BCUT2D eigenvalue weighted by atomic mass is 10.00. The Balaban J connectivity index is 1.91. The highest BCUT2D eigenvalue weighted by Crippen LogP contribution is 2.29. The van der Waals surface area contributed by atoms with E-state index < -0.39 is 0 Å². The van der Waals surface area contributed by atoms with Crippen molar-refractivity contribution in [3.8, 4) is 5.75 Å². The highest BCUT2D eigenvalue weighted by molar-refractivity contribution is 6.32. The number of rotatable bonds is 7. The third kappa shape index (κ3) is 5.08. The average molecular weight is 312 g/mol. The fourth-order valence-corrected chi connectivity index (χ4v) is 2.92. The maximum atomic E-state index is 6.27. The van der Waals surface area contributed by atoms with Gasteiger partial charge in [0.05, 0.1) is 17.7 Å². The predicted octanol–water partition coefficient (Wildman–Crippen LogP) is 4.89. The van der Waals surface area contributed by atoms with E-state index in [1.165, 1.54) is 6.42 Å². The molecule has 21 heavy (non-hydrogen) atoms. The minimum absolute atomic E-state index is 0.392. The summed E-state index contributed by atoms with van der Waals surface area (Å²) in [4.78, 5) is 0. The van der Waals surface area contributed by atoms with Crippen molar-refractivity contribution in [2.45, 2.75) is 58.1 Å². The number of hydrogen-bond acceptors (Lipinski definition) is 3. The van der Waals surface area contributed by atoms with Crippen molar-refractivity contribution >= 4 is 17.3 Å². The van der Waals surface area contributed by atoms with Crippen LogP contribution in [-0.4, -0.2) is 25.4 Å². The van der Waals surface area contributed by atoms with Gasteiger partial charge in [0.1, 0.15) is 5.75 Å². The number of hydrogen-bond donors (Lipinski definition) is 1. The summed E-state index contributed by atoms with van der Waals surface area (Å²) in [7, 11) is 0. The molecule has 2 rings (SSSR count). The molecule has 3 nitrogen and oxygen atoms in total. The van der Waals surface area contributed by atoms with Gasteiger partial charge in [0.2, 0.25) is 0 Å². The molecule has 1 aliphatic heterocycles. The second-order valence-electron chi connectivity index (χ2n) is 5.64. The van der Waals surface area contributed by atoms with Crippen LogP contribution >= 0.6 is 11.6 Å². The first kappa shape index (κ1) is 16.4. The molecule has 1 aromatic carbocycles. The van der Waals surface area contributed by atoms with Gasteiger partial charge in [0.25, 0.3) is 0 Å². The van der Waals surface area contributed by atoms with Gasteiger partial charge in [0, 0.05) is 18.3 Å². The Labute approximate surface area is 133 Å². The largest absolute Gasteiger partial charge is 0.492 e. The minimum atomic E-state index is 0.392. The van der Waals surface area contributed by atoms with E-state index in [1.54, 1.807) is 0 Å². The van der Waals surface area contributed by atoms with Crippen LogP contribution in [0.3, 0.4) is 0 Å². The molecule has 118 valence electrons. The molecule has 0 amide bonds. The van der Waals surface area contributed by atoms with E-state index in [0.29, 0.717) is 23.8 Å². The van der Waals surface area contributed by atoms with Crippen molar-refractivity contribution in [2.75, 3.05) is 18.5 Å². The molecule has 2 atom stereocenters. The summed E-state index contributed by atoms with van der Waals surface area (Å²) in [5, 5.41) is 4.25. The summed E-state index contributed by atoms with van der Waals surface area (Å²) in [6.07, 6.45) is 5.81. The van der Waals surface area contributed by atoms with Crippen molar-refractivity contribution in [3.05, 3.63) is 23.2 Å². The number of anilines is 1. The van der Waals surface area contributed by atoms with E-state index in [2.05, 4.69) is 19.2 Å². The van der Waals surface area contributed by atoms with Crippen molar-refractivity contribution < 1.29 is 9.47 Å². The van der Waals surface area contributed by atoms with E-state index in [1.807, 2.05) is 18.2 Å². The van der Waals surface area contributed by atoms with Crippen LogP contribution in [0.1, 0.15) is 46.0 Å². The van der Waals surface area contributed by atoms with Crippen molar-refractivity contribution in [3.63, 3.8) is 0 Å². The normalized spacial score (nSPS) is 22.0. The van der Waals surface area contributed by atoms with Crippen LogP contribution in [0.5, 0.6) is 5.75 Å². The molecule has 0 spiro atoms. The van der Waals surface area contributed by atoms with Crippen molar-refractivity contribution in [2.24, 2.45) is 0 Å². The van der Waals surface area contributed by atoms with Crippen LogP contribution in [0.2, 0.25) is 5.02 Å². The van der Waals surface area contributed by atoms with E-state index in [9.17, 15) is 0 Å². The van der Waals surface area contributed by atoms with E-state index in [0.717, 1.165) is 43.7 Å². The van der Waals surface area contributed by atoms with Crippen LogP contribution in [0.4, 0.5) is 5.69 Å². The molecule has 1 aromatic rings. The number of benzene rings is 1. The Morgan fingerprint density at radius 3 is 2.90 bits per heavy atom. The molecule has 2 unspecified atom stereocenters. The summed E-state index contributed by atoms with van der Waals surface area (Å²) in [6.45, 7) is 5.83. The maximum absolute atomic E-state index is 6.27. The minimum Gasteiger partial charge on any atom is -0.492 e. The fraction of sp³-hybridized carbons (Fsp3) is 0.647. The molecular weight excluding hydrogens is 286 g/mol. The predicted molar refractivity (Wildman–Crippen MR) is 88.5 cm³/mol. The smallest absolute Gasteiger partial charge is 0.138 e. The zero-order valence-corrected chi connectivity index (χ0v) is 13.8. The van der Waals surface area contributed by atoms with Crippen LogP contribution in [-0.2, 0) is 4.74 Å². The molecule has 1 fully saturated rings. The third-order valence-corrected chi connectivity index (χ3v) is 4.04. The number of halogens is 1. The first-order valence-corrected chi connectivity index (χ1v) is 8.41. The first-order chi connectivity index (χ1) is 10.2. The van der Waals surface area contributed by atoms with E-state index in [-0.39, 0.29) is 0 Å². The van der Waals surface area contributed by atoms with Crippen molar-refractivity contribution in [1.29, 1.82) is 0 Å². The van der Waals surface area contributed by atoms with Crippen LogP contribution in [0, 0.1) is 0 Å². The molecule has 4 heteroatoms. The van der Waals surface area contributed by atoms with Gasteiger partial charge in [0.15, 0.2) is 0 Å². The second-order valence-corrected chi connectivity index (χ2v) is 6.05. The zero-order chi connectivity index (χ0) is 15.1. The number of ether oxygens (including phenoxy) is 2. The Morgan fingerprint density at radius 2 is 2.19 bits per heavy atom. The number of nitrogens with one attached hydrogen (secondary N) is 1. The van der Waals surface area contributed by atoms with Crippen LogP contribution in [0.15, 0.2) is 18.2 Å². The summed E-state index contributed by atoms with van der Waals surface area (Å²) < 4.78 is 11.4. The van der Waals surface area contributed by atoms with Gasteiger partial charge >= 0.3 is 0 Å². The van der Waals surface area contributed by atoms with Gasteiger partial charge in [-0.3, -0.25) is 0 Å². The lowest BCUT2D eigenvalue weighted by Crippen LogP contribution is -2.33. The van der Waals surface area contributed by atoms with E-state index >= 15 is 0 Å². The molecule has 0 aliphatic carbocycles. The summed E-state index contributed by atoms with van der Waals surface area (Å²) in [6, 6.07) is 6.41. The molecule has 1 heterocycles. The highest BCUT2D eigenvalue weighted by atomic mass is 35.5. The molecule has 0 bridgehead atoms. The molecule has 0 aromatic heterocycles. The Bertz CT molecular complexity index is 437. The van der Waals surface area contributed by atoms with Gasteiger partial charge in [-0.05, 0) is 43.9 Å². The molecule has 1 N–H and O–H groups in total. The molecule has 1 aliphatic rings. The first-order valence-electron chi connectivity index (χ1n) is 8.03. The van der Waals surface area contributed by atoms with Crippen molar-refractivity contribution in [1.82, 2.24) is 0 Å². The molecule has 0 saturated carbocycles. The maximum Gasteiger partial charge on any atom is 0.138 e. The lowest BCUT2D eigenvalue weighted by Gasteiger charge is -2.30. The SMILES string of the molecule is CCCOc1ccc(NC2CCOC(CCC)C2)cc1Cl. The van der Waals surface area contributed by atoms with Gasteiger partial charge in [-0.2, -0.15) is 0 Å². The Morgan fingerprint density at radius 1 is 1.33 bits per heavy atom. The van der Waals surface area contributed by atoms with Gasteiger partial charge in [-0.25, -0.2) is 0 Å². The van der Waals surface area contributed by atoms with Crippen LogP contribution in [0.25, 0.3) is 0 Å². The quantitative estimate of drug-likeness (QED) is 0.777. The lowest BCUT2D eigenvalue weighted by molar-refractivity contribution is 0.00598. The fourth-order valence-electron chi connectivity index (χ4n) is 2.69. The molecule has 1 saturated heterocycles. The Kier molecular flexibility index (Phi) is 6.65. The second kappa shape index (κ2) is 8.50. The summed E-state index contributed by atoms with van der Waals surface area (Å²) >= 11 is 6.27. The summed E-state index contributed by atoms with van der Waals surface area (Å²) in [5.41, 5.74) is 1.06. The zero-order valence-electron chi connectivity index (χ0n) is 13.0. The molecule has 0 radical (unpaired) electrons. The molecular formula is C17H26ClNO2. The topological polar surface area (TPSA) is 30.5 Å². The Hall–Kier alpha value is -0.930. The van der Waals surface area contributed by atoms with Gasteiger partial charge < -0.3 is 14.8 Å². The monoisotopic (exact) mass is 311 g/mol. The highest BCUT2D eigenvalue weighted by Gasteiger charge is 2.21. The standard InChI is InChI=1S/C17H26ClNO2/c1-3-5-15-11-14(8-10-20-15)19-13-6-7-17(16(18)12-13)21-9-4-2/h6-7,12,14-15,19H,3-5,8-11H2,1-2H3. The summed E-state index contributed by atoms with van der Waals surface area (Å²) in [5.74, 6) is 0.764. The van der Waals surface area contributed by atoms with Crippen LogP contribution < -0.4 is 10.1 Å². The van der Waals surface area contributed by atoms with Gasteiger partial charge in [-0.1, -0.05) is 31.9 Å². The van der Waals surface area contributed by atoms with E-state index in [4.69, 9.17) is 21.1 Å².